The van der Waals surface area contributed by atoms with E-state index in [0.717, 1.165) is 25.7 Å². The molecule has 0 spiro atoms. The first-order valence-corrected chi connectivity index (χ1v) is 4.48. The van der Waals surface area contributed by atoms with Crippen molar-refractivity contribution in [1.29, 1.82) is 0 Å². The summed E-state index contributed by atoms with van der Waals surface area (Å²) < 4.78 is 12.6. The average Bonchev–Trinajstić information content (AvgIpc) is 2.32. The highest BCUT2D eigenvalue weighted by Gasteiger charge is 2.30. The highest BCUT2D eigenvalue weighted by molar-refractivity contribution is 5.35. The van der Waals surface area contributed by atoms with Crippen LogP contribution in [0.1, 0.15) is 38.5 Å². The molecule has 3 heteroatoms. The molecule has 0 amide bonds. The van der Waals surface area contributed by atoms with Crippen molar-refractivity contribution in [2.24, 2.45) is 4.99 Å². The van der Waals surface area contributed by atoms with E-state index < -0.39 is 12.2 Å². The minimum Gasteiger partial charge on any atom is -0.248 e. The Labute approximate surface area is 71.9 Å². The molecule has 0 saturated heterocycles. The second-order valence-corrected chi connectivity index (χ2v) is 3.48. The number of hydrogen-bond donors (Lipinski definition) is 0. The van der Waals surface area contributed by atoms with Gasteiger partial charge in [-0.3, -0.25) is 0 Å². The van der Waals surface area contributed by atoms with Gasteiger partial charge in [0.1, 0.15) is 12.2 Å². The molecule has 0 unspecified atom stereocenters. The summed E-state index contributed by atoms with van der Waals surface area (Å²) in [5, 5.41) is 0. The van der Waals surface area contributed by atoms with E-state index in [4.69, 9.17) is 0 Å². The monoisotopic (exact) mass is 171 g/mol. The lowest BCUT2D eigenvalue weighted by atomic mass is 9.93. The van der Waals surface area contributed by atoms with Crippen molar-refractivity contribution in [3.05, 3.63) is 0 Å². The quantitative estimate of drug-likeness (QED) is 0.356. The molecular weight excluding hydrogens is 157 g/mol. The number of hydrogen-bond acceptors (Lipinski definition) is 2. The van der Waals surface area contributed by atoms with E-state index in [0.29, 0.717) is 12.8 Å². The van der Waals surface area contributed by atoms with Gasteiger partial charge in [-0.2, -0.15) is 4.99 Å². The lowest BCUT2D eigenvalue weighted by Crippen LogP contribution is -2.28. The third-order valence-electron chi connectivity index (χ3n) is 2.57. The van der Waals surface area contributed by atoms with E-state index >= 15 is 0 Å². The first kappa shape index (κ1) is 9.40. The number of isocyanates is 1. The largest absolute Gasteiger partial charge is 0.248 e. The summed E-state index contributed by atoms with van der Waals surface area (Å²) in [7, 11) is 0. The maximum absolute atomic E-state index is 12.6. The molecule has 0 N–H and O–H groups in total. The fourth-order valence-electron chi connectivity index (χ4n) is 1.76. The number of nitrogens with zero attached hydrogens (tertiary/aromatic N) is 1. The van der Waals surface area contributed by atoms with Gasteiger partial charge in [0.25, 0.3) is 0 Å². The minimum atomic E-state index is -0.710. The smallest absolute Gasteiger partial charge is 0.235 e. The molecule has 0 aromatic carbocycles. The Balaban J connectivity index is 2.67. The first-order valence-electron chi connectivity index (χ1n) is 4.48. The van der Waals surface area contributed by atoms with Gasteiger partial charge in [0.2, 0.25) is 6.08 Å². The SMILES string of the molecule is O=C=NC1(CF)CCCCCC1. The van der Waals surface area contributed by atoms with Gasteiger partial charge in [-0.1, -0.05) is 25.7 Å². The van der Waals surface area contributed by atoms with Crippen molar-refractivity contribution in [3.8, 4) is 0 Å². The van der Waals surface area contributed by atoms with E-state index in [-0.39, 0.29) is 0 Å². The summed E-state index contributed by atoms with van der Waals surface area (Å²) in [6.07, 6.45) is 7.14. The Kier molecular flexibility index (Phi) is 3.42. The minimum absolute atomic E-state index is 0.512. The Hall–Kier alpha value is -0.690. The Morgan fingerprint density at radius 2 is 1.83 bits per heavy atom. The summed E-state index contributed by atoms with van der Waals surface area (Å²) >= 11 is 0. The molecule has 0 atom stereocenters. The Morgan fingerprint density at radius 3 is 2.25 bits per heavy atom. The van der Waals surface area contributed by atoms with E-state index in [9.17, 15) is 9.18 Å². The van der Waals surface area contributed by atoms with Crippen molar-refractivity contribution < 1.29 is 9.18 Å². The molecule has 12 heavy (non-hydrogen) atoms. The van der Waals surface area contributed by atoms with Crippen LogP contribution in [-0.2, 0) is 4.79 Å². The summed E-state index contributed by atoms with van der Waals surface area (Å²) in [6, 6.07) is 0. The predicted octanol–water partition coefficient (Wildman–Crippen LogP) is 2.38. The fraction of sp³-hybridized carbons (Fsp3) is 0.889. The standard InChI is InChI=1S/C9H14FNO/c10-7-9(11-8-12)5-3-1-2-4-6-9/h1-7H2. The van der Waals surface area contributed by atoms with E-state index in [1.54, 1.807) is 0 Å². The first-order chi connectivity index (χ1) is 5.83. The van der Waals surface area contributed by atoms with Crippen molar-refractivity contribution in [2.75, 3.05) is 6.67 Å². The van der Waals surface area contributed by atoms with Gasteiger partial charge in [-0.15, -0.1) is 0 Å². The number of aliphatic imine (C=N–C) groups is 1. The number of halogens is 1. The van der Waals surface area contributed by atoms with E-state index in [2.05, 4.69) is 4.99 Å². The number of carbonyl (C=O) groups excluding carboxylic acids is 1. The van der Waals surface area contributed by atoms with Gasteiger partial charge in [0.15, 0.2) is 0 Å². The molecule has 0 aromatic rings. The van der Waals surface area contributed by atoms with Crippen LogP contribution in [0.15, 0.2) is 4.99 Å². The normalized spacial score (nSPS) is 22.4. The predicted molar refractivity (Wildman–Crippen MR) is 44.5 cm³/mol. The van der Waals surface area contributed by atoms with Gasteiger partial charge in [-0.25, -0.2) is 9.18 Å². The molecular formula is C9H14FNO. The van der Waals surface area contributed by atoms with Gasteiger partial charge in [0, 0.05) is 0 Å². The highest BCUT2D eigenvalue weighted by atomic mass is 19.1. The molecule has 0 aliphatic heterocycles. The molecule has 0 aromatic heterocycles. The molecule has 68 valence electrons. The zero-order valence-electron chi connectivity index (χ0n) is 7.18. The second-order valence-electron chi connectivity index (χ2n) is 3.48. The van der Waals surface area contributed by atoms with Gasteiger partial charge >= 0.3 is 0 Å². The molecule has 1 aliphatic rings. The van der Waals surface area contributed by atoms with E-state index in [1.807, 2.05) is 0 Å². The van der Waals surface area contributed by atoms with Crippen molar-refractivity contribution >= 4 is 6.08 Å². The zero-order valence-corrected chi connectivity index (χ0v) is 7.18. The summed E-state index contributed by atoms with van der Waals surface area (Å²) in [4.78, 5) is 13.7. The Morgan fingerprint density at radius 1 is 1.25 bits per heavy atom. The van der Waals surface area contributed by atoms with Crippen LogP contribution >= 0.6 is 0 Å². The van der Waals surface area contributed by atoms with Crippen LogP contribution in [0.5, 0.6) is 0 Å². The molecule has 0 heterocycles. The van der Waals surface area contributed by atoms with Crippen molar-refractivity contribution in [3.63, 3.8) is 0 Å². The third kappa shape index (κ3) is 2.15. The van der Waals surface area contributed by atoms with Gasteiger partial charge < -0.3 is 0 Å². The van der Waals surface area contributed by atoms with Crippen LogP contribution < -0.4 is 0 Å². The highest BCUT2D eigenvalue weighted by Crippen LogP contribution is 2.30. The van der Waals surface area contributed by atoms with Crippen LogP contribution in [0.25, 0.3) is 0 Å². The van der Waals surface area contributed by atoms with Gasteiger partial charge in [0.05, 0.1) is 0 Å². The molecule has 0 radical (unpaired) electrons. The molecule has 1 aliphatic carbocycles. The molecule has 1 saturated carbocycles. The fourth-order valence-corrected chi connectivity index (χ4v) is 1.76. The van der Waals surface area contributed by atoms with Crippen LogP contribution in [-0.4, -0.2) is 18.3 Å². The molecule has 0 bridgehead atoms. The maximum atomic E-state index is 12.6. The van der Waals surface area contributed by atoms with Crippen LogP contribution in [0.3, 0.4) is 0 Å². The van der Waals surface area contributed by atoms with Crippen LogP contribution in [0, 0.1) is 0 Å². The summed E-state index contributed by atoms with van der Waals surface area (Å²) in [5.74, 6) is 0. The lowest BCUT2D eigenvalue weighted by Gasteiger charge is -2.21. The van der Waals surface area contributed by atoms with Crippen LogP contribution in [0.4, 0.5) is 4.39 Å². The van der Waals surface area contributed by atoms with Crippen molar-refractivity contribution in [2.45, 2.75) is 44.1 Å². The third-order valence-corrected chi connectivity index (χ3v) is 2.57. The zero-order chi connectivity index (χ0) is 8.86. The second kappa shape index (κ2) is 4.36. The van der Waals surface area contributed by atoms with Crippen LogP contribution in [0.2, 0.25) is 0 Å². The Bertz CT molecular complexity index is 179. The molecule has 1 fully saturated rings. The number of rotatable bonds is 2. The lowest BCUT2D eigenvalue weighted by molar-refractivity contribution is 0.277. The topological polar surface area (TPSA) is 29.4 Å². The maximum Gasteiger partial charge on any atom is 0.235 e. The van der Waals surface area contributed by atoms with E-state index in [1.165, 1.54) is 6.08 Å². The number of alkyl halides is 1. The van der Waals surface area contributed by atoms with Crippen molar-refractivity contribution in [1.82, 2.24) is 0 Å². The molecule has 2 nitrogen and oxygen atoms in total. The molecule has 1 rings (SSSR count). The summed E-state index contributed by atoms with van der Waals surface area (Å²) in [5.41, 5.74) is -0.710. The van der Waals surface area contributed by atoms with Gasteiger partial charge in [-0.05, 0) is 12.8 Å². The summed E-state index contributed by atoms with van der Waals surface area (Å²) in [6.45, 7) is -0.512. The average molecular weight is 171 g/mol.